The number of aryl methyl sites for hydroxylation is 1. The molecular formula is C23H18N8O3S. The maximum atomic E-state index is 13.8. The lowest BCUT2D eigenvalue weighted by Gasteiger charge is -2.40. The first-order chi connectivity index (χ1) is 17.0. The van der Waals surface area contributed by atoms with Crippen LogP contribution in [0.5, 0.6) is 5.88 Å². The number of hydrogen-bond donors (Lipinski definition) is 0. The molecule has 5 rings (SSSR count). The van der Waals surface area contributed by atoms with Crippen molar-refractivity contribution in [3.8, 4) is 18.0 Å². The number of carbonyl (C=O) groups is 2. The van der Waals surface area contributed by atoms with Gasteiger partial charge in [0, 0.05) is 47.9 Å². The topological polar surface area (TPSA) is 141 Å². The molecule has 0 radical (unpaired) electrons. The molecule has 0 bridgehead atoms. The number of urea groups is 1. The van der Waals surface area contributed by atoms with E-state index in [4.69, 9.17) is 4.74 Å². The average molecular weight is 487 g/mol. The zero-order valence-corrected chi connectivity index (χ0v) is 19.6. The van der Waals surface area contributed by atoms with E-state index in [1.807, 2.05) is 0 Å². The summed E-state index contributed by atoms with van der Waals surface area (Å²) in [5.41, 5.74) is 1.82. The van der Waals surface area contributed by atoms with Crippen LogP contribution < -0.4 is 9.64 Å². The molecule has 0 N–H and O–H groups in total. The highest BCUT2D eigenvalue weighted by Crippen LogP contribution is 2.46. The van der Waals surface area contributed by atoms with Gasteiger partial charge in [0.05, 0.1) is 54.8 Å². The van der Waals surface area contributed by atoms with E-state index in [9.17, 15) is 20.1 Å². The predicted octanol–water partition coefficient (Wildman–Crippen LogP) is 2.45. The van der Waals surface area contributed by atoms with Crippen molar-refractivity contribution in [1.29, 1.82) is 10.5 Å². The number of pyridine rings is 2. The van der Waals surface area contributed by atoms with Crippen molar-refractivity contribution in [1.82, 2.24) is 24.6 Å². The summed E-state index contributed by atoms with van der Waals surface area (Å²) in [5.74, 6) is -0.0748. The maximum Gasteiger partial charge on any atom is 0.332 e. The molecule has 3 amide bonds. The van der Waals surface area contributed by atoms with Crippen LogP contribution in [0.15, 0.2) is 36.9 Å². The number of anilines is 1. The van der Waals surface area contributed by atoms with Crippen molar-refractivity contribution in [3.63, 3.8) is 0 Å². The van der Waals surface area contributed by atoms with Crippen LogP contribution in [0, 0.1) is 22.7 Å². The maximum absolute atomic E-state index is 13.8. The first-order valence-corrected chi connectivity index (χ1v) is 11.5. The van der Waals surface area contributed by atoms with Crippen LogP contribution >= 0.6 is 11.8 Å². The van der Waals surface area contributed by atoms with Gasteiger partial charge < -0.3 is 9.64 Å². The van der Waals surface area contributed by atoms with E-state index in [1.165, 1.54) is 36.2 Å². The number of aromatic nitrogens is 4. The van der Waals surface area contributed by atoms with Gasteiger partial charge >= 0.3 is 6.03 Å². The lowest BCUT2D eigenvalue weighted by atomic mass is 10.0. The number of amides is 3. The summed E-state index contributed by atoms with van der Waals surface area (Å²) < 4.78 is 6.81. The molecule has 35 heavy (non-hydrogen) atoms. The number of ether oxygens (including phenoxy) is 1. The fourth-order valence-corrected chi connectivity index (χ4v) is 5.68. The summed E-state index contributed by atoms with van der Waals surface area (Å²) in [6, 6.07) is 4.72. The molecule has 2 unspecified atom stereocenters. The first kappa shape index (κ1) is 22.4. The smallest absolute Gasteiger partial charge is 0.332 e. The van der Waals surface area contributed by atoms with Crippen molar-refractivity contribution >= 4 is 45.2 Å². The molecule has 2 aliphatic rings. The Morgan fingerprint density at radius 1 is 1.20 bits per heavy atom. The van der Waals surface area contributed by atoms with Crippen molar-refractivity contribution in [3.05, 3.63) is 48.1 Å². The molecule has 11 nitrogen and oxygen atoms in total. The molecule has 0 aliphatic carbocycles. The Kier molecular flexibility index (Phi) is 5.59. The molecule has 3 aromatic heterocycles. The molecule has 5 heterocycles. The van der Waals surface area contributed by atoms with Crippen LogP contribution in [0.3, 0.4) is 0 Å². The third-order valence-corrected chi connectivity index (χ3v) is 7.29. The number of fused-ring (bicyclic) bond motifs is 2. The lowest BCUT2D eigenvalue weighted by molar-refractivity contribution is -0.119. The first-order valence-electron chi connectivity index (χ1n) is 10.6. The van der Waals surface area contributed by atoms with E-state index in [1.54, 1.807) is 36.3 Å². The Morgan fingerprint density at radius 3 is 2.77 bits per heavy atom. The van der Waals surface area contributed by atoms with E-state index in [-0.39, 0.29) is 13.0 Å². The van der Waals surface area contributed by atoms with E-state index in [0.717, 1.165) is 4.90 Å². The largest absolute Gasteiger partial charge is 0.481 e. The Morgan fingerprint density at radius 2 is 2.03 bits per heavy atom. The molecule has 1 saturated heterocycles. The van der Waals surface area contributed by atoms with Gasteiger partial charge in [0.15, 0.2) is 0 Å². The molecule has 0 aromatic carbocycles. The van der Waals surface area contributed by atoms with Gasteiger partial charge in [-0.15, -0.1) is 11.8 Å². The minimum absolute atomic E-state index is 0.103. The van der Waals surface area contributed by atoms with Crippen LogP contribution in [0.25, 0.3) is 15.8 Å². The van der Waals surface area contributed by atoms with Gasteiger partial charge in [-0.05, 0) is 6.08 Å². The number of methoxy groups -OCH3 is 1. The second kappa shape index (κ2) is 8.74. The fourth-order valence-electron chi connectivity index (χ4n) is 4.32. The van der Waals surface area contributed by atoms with Crippen molar-refractivity contribution in [2.75, 3.05) is 18.6 Å². The SMILES string of the molecule is COc1cc(C2=CC3C(S2)C(=O)N(c2cncc4cnn(C)c24)C(=O)N3CCC#N)c(C#N)cn1. The average Bonchev–Trinajstić information content (AvgIpc) is 3.48. The Bertz CT molecular complexity index is 1480. The van der Waals surface area contributed by atoms with Crippen LogP contribution in [-0.4, -0.2) is 61.5 Å². The molecule has 2 atom stereocenters. The van der Waals surface area contributed by atoms with Crippen molar-refractivity contribution in [2.24, 2.45) is 7.05 Å². The fraction of sp³-hybridized carbons (Fsp3) is 0.261. The monoisotopic (exact) mass is 486 g/mol. The predicted molar refractivity (Wildman–Crippen MR) is 127 cm³/mol. The molecule has 0 saturated carbocycles. The minimum Gasteiger partial charge on any atom is -0.481 e. The number of carbonyl (C=O) groups excluding carboxylic acids is 2. The van der Waals surface area contributed by atoms with E-state index in [0.29, 0.717) is 38.5 Å². The number of imide groups is 1. The van der Waals surface area contributed by atoms with Crippen LogP contribution in [0.1, 0.15) is 17.5 Å². The number of hydrogen-bond acceptors (Lipinski definition) is 9. The summed E-state index contributed by atoms with van der Waals surface area (Å²) in [4.78, 5) is 39.0. The van der Waals surface area contributed by atoms with E-state index in [2.05, 4.69) is 27.2 Å². The summed E-state index contributed by atoms with van der Waals surface area (Å²) >= 11 is 1.27. The minimum atomic E-state index is -0.671. The Labute approximate surface area is 204 Å². The van der Waals surface area contributed by atoms with Crippen LogP contribution in [0.4, 0.5) is 10.5 Å². The quantitative estimate of drug-likeness (QED) is 0.531. The van der Waals surface area contributed by atoms with Gasteiger partial charge in [-0.1, -0.05) is 0 Å². The molecule has 12 heteroatoms. The van der Waals surface area contributed by atoms with Gasteiger partial charge in [-0.2, -0.15) is 15.6 Å². The van der Waals surface area contributed by atoms with Crippen LogP contribution in [0.2, 0.25) is 0 Å². The lowest BCUT2D eigenvalue weighted by Crippen LogP contribution is -2.62. The van der Waals surface area contributed by atoms with Gasteiger partial charge in [-0.3, -0.25) is 14.5 Å². The number of thioether (sulfide) groups is 1. The summed E-state index contributed by atoms with van der Waals surface area (Å²) in [5, 5.41) is 23.0. The highest BCUT2D eigenvalue weighted by atomic mass is 32.2. The van der Waals surface area contributed by atoms with Gasteiger partial charge in [0.1, 0.15) is 11.3 Å². The number of nitriles is 2. The molecule has 3 aromatic rings. The summed E-state index contributed by atoms with van der Waals surface area (Å²) in [6.45, 7) is 0.143. The van der Waals surface area contributed by atoms with Gasteiger partial charge in [-0.25, -0.2) is 14.7 Å². The molecule has 174 valence electrons. The Balaban J connectivity index is 1.60. The number of nitrogens with zero attached hydrogens (tertiary/aromatic N) is 8. The molecule has 1 fully saturated rings. The molecule has 2 aliphatic heterocycles. The standard InChI is InChI=1S/C23H18N8O3S/c1-29-20-14(11-28-29)9-26-12-17(20)31-22(32)21-16(30(23(31)33)5-3-4-24)7-18(35-21)15-6-19(34-2)27-10-13(15)8-25/h6-7,9-12,16,21H,3,5H2,1-2H3. The normalized spacial score (nSPS) is 19.4. The molecule has 0 spiro atoms. The van der Waals surface area contributed by atoms with Crippen LogP contribution in [-0.2, 0) is 11.8 Å². The molecular weight excluding hydrogens is 468 g/mol. The third-order valence-electron chi connectivity index (χ3n) is 5.95. The number of rotatable bonds is 5. The summed E-state index contributed by atoms with van der Waals surface area (Å²) in [7, 11) is 3.20. The van der Waals surface area contributed by atoms with E-state index < -0.39 is 23.2 Å². The zero-order chi connectivity index (χ0) is 24.7. The zero-order valence-electron chi connectivity index (χ0n) is 18.7. The summed E-state index contributed by atoms with van der Waals surface area (Å²) in [6.07, 6.45) is 8.03. The Hall–Kier alpha value is -4.42. The van der Waals surface area contributed by atoms with Gasteiger partial charge in [0.2, 0.25) is 5.88 Å². The highest BCUT2D eigenvalue weighted by Gasteiger charge is 2.50. The highest BCUT2D eigenvalue weighted by molar-refractivity contribution is 8.09. The second-order valence-corrected chi connectivity index (χ2v) is 9.05. The van der Waals surface area contributed by atoms with Crippen molar-refractivity contribution < 1.29 is 14.3 Å². The van der Waals surface area contributed by atoms with Crippen molar-refractivity contribution in [2.45, 2.75) is 17.7 Å². The van der Waals surface area contributed by atoms with Gasteiger partial charge in [0.25, 0.3) is 5.91 Å². The van der Waals surface area contributed by atoms with E-state index >= 15 is 0 Å². The second-order valence-electron chi connectivity index (χ2n) is 7.87. The third kappa shape index (κ3) is 3.55.